The maximum absolute atomic E-state index is 12.3. The third-order valence-electron chi connectivity index (χ3n) is 4.54. The summed E-state index contributed by atoms with van der Waals surface area (Å²) in [5, 5.41) is 15.7. The number of nitrogens with one attached hydrogen (secondary N) is 2. The number of hydrogen-bond donors (Lipinski definition) is 3. The van der Waals surface area contributed by atoms with E-state index < -0.39 is 6.10 Å². The molecule has 0 spiro atoms. The molecule has 3 unspecified atom stereocenters. The van der Waals surface area contributed by atoms with Crippen LogP contribution in [0.2, 0.25) is 0 Å². The first-order valence-corrected chi connectivity index (χ1v) is 8.50. The van der Waals surface area contributed by atoms with Crippen LogP contribution >= 0.6 is 0 Å². The average Bonchev–Trinajstić information content (AvgIpc) is 3.06. The molecule has 1 fully saturated rings. The first kappa shape index (κ1) is 16.7. The Kier molecular flexibility index (Phi) is 5.62. The van der Waals surface area contributed by atoms with Crippen LogP contribution in [0.1, 0.15) is 23.5 Å². The molecular weight excluding hydrogens is 300 g/mol. The monoisotopic (exact) mass is 324 g/mol. The van der Waals surface area contributed by atoms with Crippen molar-refractivity contribution < 1.29 is 9.90 Å². The van der Waals surface area contributed by atoms with Crippen molar-refractivity contribution in [1.82, 2.24) is 10.6 Å². The molecule has 4 nitrogen and oxygen atoms in total. The molecule has 126 valence electrons. The Morgan fingerprint density at radius 2 is 1.79 bits per heavy atom. The maximum atomic E-state index is 12.3. The summed E-state index contributed by atoms with van der Waals surface area (Å²) in [4.78, 5) is 12.3. The zero-order valence-corrected chi connectivity index (χ0v) is 13.7. The van der Waals surface area contributed by atoms with E-state index in [1.54, 1.807) is 0 Å². The zero-order valence-electron chi connectivity index (χ0n) is 13.7. The maximum Gasteiger partial charge on any atom is 0.237 e. The van der Waals surface area contributed by atoms with Crippen molar-refractivity contribution in [2.45, 2.75) is 30.9 Å². The minimum atomic E-state index is -0.421. The van der Waals surface area contributed by atoms with E-state index in [9.17, 15) is 9.90 Å². The fraction of sp³-hybridized carbons (Fsp3) is 0.350. The van der Waals surface area contributed by atoms with Gasteiger partial charge in [-0.1, -0.05) is 60.7 Å². The highest BCUT2D eigenvalue weighted by atomic mass is 16.3. The standard InChI is InChI=1S/C20H24N2O2/c23-18-12-19(21-14-18)20(24)22-13-17(16-9-5-2-6-10-16)11-15-7-3-1-4-8-15/h1-10,17-19,21,23H,11-14H2,(H,22,24). The zero-order chi connectivity index (χ0) is 16.8. The van der Waals surface area contributed by atoms with Crippen molar-refractivity contribution in [2.24, 2.45) is 0 Å². The topological polar surface area (TPSA) is 61.4 Å². The molecule has 2 aromatic carbocycles. The summed E-state index contributed by atoms with van der Waals surface area (Å²) in [6, 6.07) is 20.3. The molecule has 3 N–H and O–H groups in total. The van der Waals surface area contributed by atoms with E-state index in [0.717, 1.165) is 6.42 Å². The van der Waals surface area contributed by atoms with Gasteiger partial charge in [0, 0.05) is 19.0 Å². The van der Waals surface area contributed by atoms with Gasteiger partial charge in [-0.3, -0.25) is 4.79 Å². The second-order valence-corrected chi connectivity index (χ2v) is 6.39. The van der Waals surface area contributed by atoms with E-state index in [4.69, 9.17) is 0 Å². The highest BCUT2D eigenvalue weighted by molar-refractivity contribution is 5.82. The van der Waals surface area contributed by atoms with Crippen molar-refractivity contribution in [3.8, 4) is 0 Å². The van der Waals surface area contributed by atoms with Gasteiger partial charge in [0.1, 0.15) is 0 Å². The Morgan fingerprint density at radius 3 is 2.42 bits per heavy atom. The predicted molar refractivity (Wildman–Crippen MR) is 94.8 cm³/mol. The number of amides is 1. The van der Waals surface area contributed by atoms with Crippen LogP contribution in [0.5, 0.6) is 0 Å². The van der Waals surface area contributed by atoms with Gasteiger partial charge in [0.25, 0.3) is 0 Å². The number of aliphatic hydroxyl groups excluding tert-OH is 1. The fourth-order valence-corrected chi connectivity index (χ4v) is 3.20. The van der Waals surface area contributed by atoms with Gasteiger partial charge in [-0.05, 0) is 24.0 Å². The first-order chi connectivity index (χ1) is 11.7. The third kappa shape index (κ3) is 4.43. The number of benzene rings is 2. The van der Waals surface area contributed by atoms with Crippen molar-refractivity contribution >= 4 is 5.91 Å². The molecule has 0 aliphatic carbocycles. The van der Waals surface area contributed by atoms with E-state index in [2.05, 4.69) is 34.9 Å². The number of β-amino-alcohol motifs (C(OH)–C–C–N with tert-alkyl or cyclic N) is 1. The Bertz CT molecular complexity index is 645. The number of carbonyl (C=O) groups is 1. The van der Waals surface area contributed by atoms with E-state index in [0.29, 0.717) is 19.5 Å². The van der Waals surface area contributed by atoms with E-state index in [1.165, 1.54) is 11.1 Å². The van der Waals surface area contributed by atoms with E-state index in [1.807, 2.05) is 36.4 Å². The smallest absolute Gasteiger partial charge is 0.237 e. The molecule has 4 heteroatoms. The molecule has 3 atom stereocenters. The van der Waals surface area contributed by atoms with E-state index in [-0.39, 0.29) is 17.9 Å². The second-order valence-electron chi connectivity index (χ2n) is 6.39. The van der Waals surface area contributed by atoms with Crippen LogP contribution in [-0.4, -0.2) is 36.2 Å². The fourth-order valence-electron chi connectivity index (χ4n) is 3.20. The number of rotatable bonds is 6. The van der Waals surface area contributed by atoms with Gasteiger partial charge in [0.15, 0.2) is 0 Å². The van der Waals surface area contributed by atoms with Crippen molar-refractivity contribution in [3.63, 3.8) is 0 Å². The Morgan fingerprint density at radius 1 is 1.12 bits per heavy atom. The van der Waals surface area contributed by atoms with Crippen LogP contribution in [0.25, 0.3) is 0 Å². The normalized spacial score (nSPS) is 21.4. The summed E-state index contributed by atoms with van der Waals surface area (Å²) in [7, 11) is 0. The lowest BCUT2D eigenvalue weighted by molar-refractivity contribution is -0.123. The summed E-state index contributed by atoms with van der Waals surface area (Å²) in [6.07, 6.45) is 0.946. The molecule has 1 amide bonds. The minimum Gasteiger partial charge on any atom is -0.392 e. The molecule has 0 saturated carbocycles. The molecule has 24 heavy (non-hydrogen) atoms. The molecule has 1 aliphatic heterocycles. The van der Waals surface area contributed by atoms with Gasteiger partial charge in [-0.15, -0.1) is 0 Å². The van der Waals surface area contributed by atoms with Gasteiger partial charge in [0.2, 0.25) is 5.91 Å². The summed E-state index contributed by atoms with van der Waals surface area (Å²) in [6.45, 7) is 1.08. The largest absolute Gasteiger partial charge is 0.392 e. The number of hydrogen-bond acceptors (Lipinski definition) is 3. The van der Waals surface area contributed by atoms with Crippen LogP contribution in [0.15, 0.2) is 60.7 Å². The van der Waals surface area contributed by atoms with Gasteiger partial charge in [-0.2, -0.15) is 0 Å². The molecule has 0 bridgehead atoms. The molecule has 3 rings (SSSR count). The summed E-state index contributed by atoms with van der Waals surface area (Å²) < 4.78 is 0. The Hall–Kier alpha value is -2.17. The highest BCUT2D eigenvalue weighted by Gasteiger charge is 2.28. The number of aliphatic hydroxyl groups is 1. The molecule has 1 saturated heterocycles. The van der Waals surface area contributed by atoms with Gasteiger partial charge in [0.05, 0.1) is 12.1 Å². The molecule has 1 heterocycles. The van der Waals surface area contributed by atoms with Crippen LogP contribution in [0.4, 0.5) is 0 Å². The lowest BCUT2D eigenvalue weighted by Crippen LogP contribution is -2.42. The predicted octanol–water partition coefficient (Wildman–Crippen LogP) is 1.85. The first-order valence-electron chi connectivity index (χ1n) is 8.50. The summed E-state index contributed by atoms with van der Waals surface area (Å²) >= 11 is 0. The highest BCUT2D eigenvalue weighted by Crippen LogP contribution is 2.20. The molecule has 2 aromatic rings. The quantitative estimate of drug-likeness (QED) is 0.760. The van der Waals surface area contributed by atoms with Crippen molar-refractivity contribution in [3.05, 3.63) is 71.8 Å². The SMILES string of the molecule is O=C(NCC(Cc1ccccc1)c1ccccc1)C1CC(O)CN1. The van der Waals surface area contributed by atoms with Gasteiger partial charge < -0.3 is 15.7 Å². The second kappa shape index (κ2) is 8.08. The molecule has 1 aliphatic rings. The summed E-state index contributed by atoms with van der Waals surface area (Å²) in [5.41, 5.74) is 2.48. The number of carbonyl (C=O) groups excluding carboxylic acids is 1. The van der Waals surface area contributed by atoms with Crippen LogP contribution in [-0.2, 0) is 11.2 Å². The Labute approximate surface area is 142 Å². The molecular formula is C20H24N2O2. The van der Waals surface area contributed by atoms with Crippen molar-refractivity contribution in [1.29, 1.82) is 0 Å². The van der Waals surface area contributed by atoms with Gasteiger partial charge >= 0.3 is 0 Å². The van der Waals surface area contributed by atoms with Crippen LogP contribution in [0.3, 0.4) is 0 Å². The molecule has 0 radical (unpaired) electrons. The van der Waals surface area contributed by atoms with Crippen LogP contribution < -0.4 is 10.6 Å². The summed E-state index contributed by atoms with van der Waals surface area (Å²) in [5.74, 6) is 0.199. The van der Waals surface area contributed by atoms with Crippen LogP contribution in [0, 0.1) is 0 Å². The van der Waals surface area contributed by atoms with Gasteiger partial charge in [-0.25, -0.2) is 0 Å². The third-order valence-corrected chi connectivity index (χ3v) is 4.54. The lowest BCUT2D eigenvalue weighted by Gasteiger charge is -2.20. The van der Waals surface area contributed by atoms with E-state index >= 15 is 0 Å². The molecule has 0 aromatic heterocycles. The lowest BCUT2D eigenvalue weighted by atomic mass is 9.92. The average molecular weight is 324 g/mol. The van der Waals surface area contributed by atoms with Crippen molar-refractivity contribution in [2.75, 3.05) is 13.1 Å². The minimum absolute atomic E-state index is 0.0273. The Balaban J connectivity index is 1.65.